The lowest BCUT2D eigenvalue weighted by atomic mass is 9.98. The molecule has 60 valence electrons. The molecule has 0 aromatic heterocycles. The molecule has 1 aliphatic carbocycles. The normalized spacial score (nSPS) is 19.2. The number of carbonyl (C=O) groups excluding carboxylic acids is 1. The maximum atomic E-state index is 9.85. The van der Waals surface area contributed by atoms with E-state index in [1.54, 1.807) is 0 Å². The Bertz CT molecular complexity index is 85.3. The number of ether oxygens (including phenoxy) is 1. The van der Waals surface area contributed by atoms with Gasteiger partial charge >= 0.3 is 0 Å². The summed E-state index contributed by atoms with van der Waals surface area (Å²) in [6, 6.07) is 0. The van der Waals surface area contributed by atoms with Crippen LogP contribution in [-0.2, 0) is 9.53 Å². The van der Waals surface area contributed by atoms with Crippen LogP contribution in [-0.4, -0.2) is 12.6 Å². The first-order valence-electron chi connectivity index (χ1n) is 3.52. The summed E-state index contributed by atoms with van der Waals surface area (Å²) in [4.78, 5) is 9.85. The highest BCUT2D eigenvalue weighted by Crippen LogP contribution is 2.19. The van der Waals surface area contributed by atoms with Gasteiger partial charge in [-0.05, 0) is 25.7 Å². The number of hydrogen-bond donors (Lipinski definition) is 0. The molecule has 0 spiro atoms. The van der Waals surface area contributed by atoms with Crippen LogP contribution in [0.4, 0.5) is 0 Å². The summed E-state index contributed by atoms with van der Waals surface area (Å²) >= 11 is 0. The minimum Gasteiger partial charge on any atom is -0.465 e. The van der Waals surface area contributed by atoms with E-state index in [0.29, 0.717) is 6.47 Å². The SMILES string of the molecule is C.O=COC1CCCCC1. The summed E-state index contributed by atoms with van der Waals surface area (Å²) in [5, 5.41) is 0. The van der Waals surface area contributed by atoms with E-state index in [1.807, 2.05) is 0 Å². The lowest BCUT2D eigenvalue weighted by molar-refractivity contribution is -0.134. The second-order valence-corrected chi connectivity index (χ2v) is 2.49. The molecular weight excluding hydrogens is 128 g/mol. The van der Waals surface area contributed by atoms with Crippen molar-refractivity contribution in [2.75, 3.05) is 0 Å². The maximum absolute atomic E-state index is 9.85. The third-order valence-corrected chi connectivity index (χ3v) is 1.80. The number of carbonyl (C=O) groups is 1. The Morgan fingerprint density at radius 2 is 1.80 bits per heavy atom. The van der Waals surface area contributed by atoms with Crippen molar-refractivity contribution in [3.8, 4) is 0 Å². The Kier molecular flexibility index (Phi) is 4.99. The van der Waals surface area contributed by atoms with E-state index in [1.165, 1.54) is 19.3 Å². The van der Waals surface area contributed by atoms with Crippen molar-refractivity contribution in [2.45, 2.75) is 45.6 Å². The third-order valence-electron chi connectivity index (χ3n) is 1.80. The lowest BCUT2D eigenvalue weighted by Crippen LogP contribution is -2.15. The van der Waals surface area contributed by atoms with Gasteiger partial charge in [0.2, 0.25) is 0 Å². The quantitative estimate of drug-likeness (QED) is 0.555. The Balaban J connectivity index is 0.000000810. The van der Waals surface area contributed by atoms with Gasteiger partial charge in [-0.2, -0.15) is 0 Å². The molecule has 0 aromatic rings. The second-order valence-electron chi connectivity index (χ2n) is 2.49. The number of hydrogen-bond acceptors (Lipinski definition) is 2. The molecule has 0 aromatic carbocycles. The van der Waals surface area contributed by atoms with Crippen LogP contribution in [0.25, 0.3) is 0 Å². The molecule has 1 rings (SSSR count). The van der Waals surface area contributed by atoms with Gasteiger partial charge < -0.3 is 4.74 Å². The Labute approximate surface area is 62.6 Å². The van der Waals surface area contributed by atoms with E-state index in [9.17, 15) is 4.79 Å². The summed E-state index contributed by atoms with van der Waals surface area (Å²) < 4.78 is 4.80. The molecule has 0 N–H and O–H groups in total. The van der Waals surface area contributed by atoms with Crippen LogP contribution in [0.2, 0.25) is 0 Å². The molecule has 0 bridgehead atoms. The highest BCUT2D eigenvalue weighted by molar-refractivity contribution is 5.37. The zero-order valence-electron chi connectivity index (χ0n) is 5.51. The van der Waals surface area contributed by atoms with Gasteiger partial charge in [-0.3, -0.25) is 4.79 Å². The van der Waals surface area contributed by atoms with Gasteiger partial charge in [0.1, 0.15) is 6.10 Å². The predicted octanol–water partition coefficient (Wildman–Crippen LogP) is 2.13. The Hall–Kier alpha value is -0.530. The average Bonchev–Trinajstić information content (AvgIpc) is 1.91. The van der Waals surface area contributed by atoms with Crippen molar-refractivity contribution < 1.29 is 9.53 Å². The molecule has 0 amide bonds. The van der Waals surface area contributed by atoms with Gasteiger partial charge in [0.05, 0.1) is 0 Å². The molecule has 1 fully saturated rings. The van der Waals surface area contributed by atoms with Gasteiger partial charge in [-0.15, -0.1) is 0 Å². The molecule has 0 aliphatic heterocycles. The van der Waals surface area contributed by atoms with Crippen molar-refractivity contribution in [1.29, 1.82) is 0 Å². The summed E-state index contributed by atoms with van der Waals surface area (Å²) in [6.07, 6.45) is 6.11. The smallest absolute Gasteiger partial charge is 0.293 e. The van der Waals surface area contributed by atoms with Crippen LogP contribution >= 0.6 is 0 Å². The van der Waals surface area contributed by atoms with E-state index in [4.69, 9.17) is 4.74 Å². The topological polar surface area (TPSA) is 26.3 Å². The zero-order chi connectivity index (χ0) is 6.53. The van der Waals surface area contributed by atoms with Crippen molar-refractivity contribution >= 4 is 6.47 Å². The van der Waals surface area contributed by atoms with Gasteiger partial charge in [-0.1, -0.05) is 13.8 Å². The molecule has 0 saturated heterocycles. The minimum absolute atomic E-state index is 0. The van der Waals surface area contributed by atoms with Crippen LogP contribution in [0.1, 0.15) is 39.5 Å². The lowest BCUT2D eigenvalue weighted by Gasteiger charge is -2.18. The van der Waals surface area contributed by atoms with Crippen LogP contribution in [0.15, 0.2) is 0 Å². The molecule has 10 heavy (non-hydrogen) atoms. The first-order valence-corrected chi connectivity index (χ1v) is 3.52. The van der Waals surface area contributed by atoms with E-state index in [-0.39, 0.29) is 13.5 Å². The van der Waals surface area contributed by atoms with Crippen molar-refractivity contribution in [1.82, 2.24) is 0 Å². The van der Waals surface area contributed by atoms with E-state index in [0.717, 1.165) is 12.8 Å². The average molecular weight is 144 g/mol. The van der Waals surface area contributed by atoms with Gasteiger partial charge in [0.25, 0.3) is 6.47 Å². The first kappa shape index (κ1) is 9.47. The molecular formula is C8H16O2. The Morgan fingerprint density at radius 3 is 2.30 bits per heavy atom. The zero-order valence-corrected chi connectivity index (χ0v) is 5.51. The fraction of sp³-hybridized carbons (Fsp3) is 0.875. The van der Waals surface area contributed by atoms with Crippen molar-refractivity contribution in [3.05, 3.63) is 0 Å². The van der Waals surface area contributed by atoms with Gasteiger partial charge in [-0.25, -0.2) is 0 Å². The van der Waals surface area contributed by atoms with Crippen molar-refractivity contribution in [2.24, 2.45) is 0 Å². The molecule has 0 radical (unpaired) electrons. The molecule has 1 saturated carbocycles. The summed E-state index contributed by atoms with van der Waals surface area (Å²) in [5.74, 6) is 0. The largest absolute Gasteiger partial charge is 0.465 e. The standard InChI is InChI=1S/C7H12O2.CH4/c8-6-9-7-4-2-1-3-5-7;/h6-7H,1-5H2;1H4. The number of rotatable bonds is 2. The summed E-state index contributed by atoms with van der Waals surface area (Å²) in [6.45, 7) is 0.565. The summed E-state index contributed by atoms with van der Waals surface area (Å²) in [7, 11) is 0. The fourth-order valence-electron chi connectivity index (χ4n) is 1.28. The fourth-order valence-corrected chi connectivity index (χ4v) is 1.28. The van der Waals surface area contributed by atoms with E-state index < -0.39 is 0 Å². The van der Waals surface area contributed by atoms with Crippen molar-refractivity contribution in [3.63, 3.8) is 0 Å². The maximum Gasteiger partial charge on any atom is 0.293 e. The molecule has 0 atom stereocenters. The Morgan fingerprint density at radius 1 is 1.20 bits per heavy atom. The predicted molar refractivity (Wildman–Crippen MR) is 40.8 cm³/mol. The second kappa shape index (κ2) is 5.27. The van der Waals surface area contributed by atoms with Crippen LogP contribution in [0.3, 0.4) is 0 Å². The summed E-state index contributed by atoms with van der Waals surface area (Å²) in [5.41, 5.74) is 0. The third kappa shape index (κ3) is 2.85. The first-order chi connectivity index (χ1) is 4.43. The minimum atomic E-state index is 0. The van der Waals surface area contributed by atoms with Gasteiger partial charge in [0.15, 0.2) is 0 Å². The van der Waals surface area contributed by atoms with Crippen LogP contribution in [0.5, 0.6) is 0 Å². The molecule has 0 unspecified atom stereocenters. The van der Waals surface area contributed by atoms with Gasteiger partial charge in [0, 0.05) is 0 Å². The molecule has 2 heteroatoms. The molecule has 1 aliphatic rings. The highest BCUT2D eigenvalue weighted by atomic mass is 16.5. The molecule has 0 heterocycles. The highest BCUT2D eigenvalue weighted by Gasteiger charge is 2.12. The van der Waals surface area contributed by atoms with Crippen LogP contribution < -0.4 is 0 Å². The van der Waals surface area contributed by atoms with E-state index in [2.05, 4.69) is 0 Å². The monoisotopic (exact) mass is 144 g/mol. The van der Waals surface area contributed by atoms with Crippen LogP contribution in [0, 0.1) is 0 Å². The molecule has 2 nitrogen and oxygen atoms in total. The van der Waals surface area contributed by atoms with E-state index >= 15 is 0 Å².